The first-order chi connectivity index (χ1) is 9.48. The van der Waals surface area contributed by atoms with Gasteiger partial charge in [0.25, 0.3) is 0 Å². The van der Waals surface area contributed by atoms with Gasteiger partial charge in [-0.2, -0.15) is 9.57 Å². The smallest absolute Gasteiger partial charge is 0.207 e. The molecular formula is C14H13FN2O2S. The quantitative estimate of drug-likeness (QED) is 0.777. The Morgan fingerprint density at radius 3 is 2.70 bits per heavy atom. The highest BCUT2D eigenvalue weighted by Gasteiger charge is 2.31. The highest BCUT2D eigenvalue weighted by atomic mass is 32.2. The number of hydrogen-bond acceptors (Lipinski definition) is 3. The highest BCUT2D eigenvalue weighted by Crippen LogP contribution is 2.31. The van der Waals surface area contributed by atoms with E-state index in [0.717, 1.165) is 31.0 Å². The number of rotatable bonds is 5. The summed E-state index contributed by atoms with van der Waals surface area (Å²) in [6.07, 6.45) is 7.19. The summed E-state index contributed by atoms with van der Waals surface area (Å²) in [5.74, 6) is 1.93. The molecule has 1 aliphatic carbocycles. The van der Waals surface area contributed by atoms with E-state index in [2.05, 4.69) is 5.92 Å². The van der Waals surface area contributed by atoms with Gasteiger partial charge in [0, 0.05) is 6.54 Å². The maximum atomic E-state index is 13.3. The van der Waals surface area contributed by atoms with E-state index in [1.807, 2.05) is 0 Å². The first-order valence-corrected chi connectivity index (χ1v) is 7.56. The van der Waals surface area contributed by atoms with Crippen LogP contribution < -0.4 is 0 Å². The minimum atomic E-state index is -3.79. The zero-order valence-electron chi connectivity index (χ0n) is 10.7. The SMILES string of the molecule is C#CCN(CC1CC1)S(=O)(=O)c1ccc(F)c(C#N)c1. The average molecular weight is 292 g/mol. The third kappa shape index (κ3) is 2.98. The van der Waals surface area contributed by atoms with Crippen LogP contribution in [0.4, 0.5) is 4.39 Å². The van der Waals surface area contributed by atoms with Crippen LogP contribution in [0, 0.1) is 35.4 Å². The Morgan fingerprint density at radius 1 is 1.45 bits per heavy atom. The Hall–Kier alpha value is -1.89. The molecule has 0 spiro atoms. The molecule has 0 aromatic heterocycles. The topological polar surface area (TPSA) is 61.2 Å². The molecule has 0 unspecified atom stereocenters. The number of benzene rings is 1. The zero-order valence-corrected chi connectivity index (χ0v) is 11.5. The lowest BCUT2D eigenvalue weighted by atomic mass is 10.2. The molecule has 4 nitrogen and oxygen atoms in total. The van der Waals surface area contributed by atoms with Crippen molar-refractivity contribution >= 4 is 10.0 Å². The van der Waals surface area contributed by atoms with Gasteiger partial charge >= 0.3 is 0 Å². The molecule has 20 heavy (non-hydrogen) atoms. The first-order valence-electron chi connectivity index (χ1n) is 6.12. The predicted octanol–water partition coefficient (Wildman–Crippen LogP) is 1.73. The van der Waals surface area contributed by atoms with Crippen LogP contribution in [0.25, 0.3) is 0 Å². The van der Waals surface area contributed by atoms with Gasteiger partial charge in [-0.15, -0.1) is 6.42 Å². The van der Waals surface area contributed by atoms with Crippen molar-refractivity contribution in [3.63, 3.8) is 0 Å². The lowest BCUT2D eigenvalue weighted by molar-refractivity contribution is 0.430. The van der Waals surface area contributed by atoms with E-state index in [1.165, 1.54) is 4.31 Å². The number of sulfonamides is 1. The van der Waals surface area contributed by atoms with Crippen molar-refractivity contribution in [2.24, 2.45) is 5.92 Å². The van der Waals surface area contributed by atoms with Crippen molar-refractivity contribution in [2.75, 3.05) is 13.1 Å². The summed E-state index contributed by atoms with van der Waals surface area (Å²) in [7, 11) is -3.79. The Morgan fingerprint density at radius 2 is 2.15 bits per heavy atom. The Labute approximate surface area is 117 Å². The third-order valence-electron chi connectivity index (χ3n) is 3.12. The zero-order chi connectivity index (χ0) is 14.8. The number of halogens is 1. The molecule has 0 saturated heterocycles. The minimum absolute atomic E-state index is 0.0297. The Kier molecular flexibility index (Phi) is 4.08. The van der Waals surface area contributed by atoms with Crippen LogP contribution in [0.15, 0.2) is 23.1 Å². The first kappa shape index (κ1) is 14.5. The van der Waals surface area contributed by atoms with E-state index in [0.29, 0.717) is 12.5 Å². The standard InChI is InChI=1S/C14H13FN2O2S/c1-2-7-17(10-11-3-4-11)20(18,19)13-5-6-14(15)12(8-13)9-16/h1,5-6,8,11H,3-4,7,10H2. The summed E-state index contributed by atoms with van der Waals surface area (Å²) < 4.78 is 39.4. The molecule has 104 valence electrons. The van der Waals surface area contributed by atoms with E-state index in [-0.39, 0.29) is 17.0 Å². The molecule has 0 heterocycles. The van der Waals surface area contributed by atoms with Crippen molar-refractivity contribution in [3.05, 3.63) is 29.6 Å². The van der Waals surface area contributed by atoms with Gasteiger partial charge < -0.3 is 0 Å². The fraction of sp³-hybridized carbons (Fsp3) is 0.357. The van der Waals surface area contributed by atoms with E-state index in [1.54, 1.807) is 6.07 Å². The third-order valence-corrected chi connectivity index (χ3v) is 4.93. The highest BCUT2D eigenvalue weighted by molar-refractivity contribution is 7.89. The largest absolute Gasteiger partial charge is 0.244 e. The lowest BCUT2D eigenvalue weighted by Crippen LogP contribution is -2.33. The van der Waals surface area contributed by atoms with Crippen LogP contribution in [0.5, 0.6) is 0 Å². The van der Waals surface area contributed by atoms with Gasteiger partial charge in [-0.25, -0.2) is 12.8 Å². The van der Waals surface area contributed by atoms with Gasteiger partial charge in [0.05, 0.1) is 17.0 Å². The summed E-state index contributed by atoms with van der Waals surface area (Å²) in [5.41, 5.74) is -0.293. The molecule has 0 amide bonds. The number of nitriles is 1. The predicted molar refractivity (Wildman–Crippen MR) is 71.4 cm³/mol. The maximum absolute atomic E-state index is 13.3. The summed E-state index contributed by atoms with van der Waals surface area (Å²) >= 11 is 0. The summed E-state index contributed by atoms with van der Waals surface area (Å²) in [4.78, 5) is -0.105. The van der Waals surface area contributed by atoms with Crippen LogP contribution in [0.3, 0.4) is 0 Å². The van der Waals surface area contributed by atoms with Crippen LogP contribution in [-0.2, 0) is 10.0 Å². The molecule has 0 N–H and O–H groups in total. The van der Waals surface area contributed by atoms with Gasteiger partial charge in [0.2, 0.25) is 10.0 Å². The molecule has 0 atom stereocenters. The van der Waals surface area contributed by atoms with Gasteiger partial charge in [-0.1, -0.05) is 5.92 Å². The Balaban J connectivity index is 2.36. The van der Waals surface area contributed by atoms with Crippen molar-refractivity contribution in [1.82, 2.24) is 4.31 Å². The van der Waals surface area contributed by atoms with E-state index >= 15 is 0 Å². The molecular weight excluding hydrogens is 279 g/mol. The van der Waals surface area contributed by atoms with Crippen LogP contribution in [0.2, 0.25) is 0 Å². The molecule has 0 bridgehead atoms. The number of nitrogens with zero attached hydrogens (tertiary/aromatic N) is 2. The molecule has 2 rings (SSSR count). The van der Waals surface area contributed by atoms with Crippen LogP contribution >= 0.6 is 0 Å². The van der Waals surface area contributed by atoms with E-state index in [4.69, 9.17) is 11.7 Å². The fourth-order valence-corrected chi connectivity index (χ4v) is 3.29. The lowest BCUT2D eigenvalue weighted by Gasteiger charge is -2.19. The van der Waals surface area contributed by atoms with Crippen LogP contribution in [0.1, 0.15) is 18.4 Å². The van der Waals surface area contributed by atoms with Gasteiger partial charge in [0.1, 0.15) is 11.9 Å². The maximum Gasteiger partial charge on any atom is 0.244 e. The minimum Gasteiger partial charge on any atom is -0.207 e. The summed E-state index contributed by atoms with van der Waals surface area (Å²) in [6, 6.07) is 4.81. The van der Waals surface area contributed by atoms with Crippen molar-refractivity contribution < 1.29 is 12.8 Å². The van der Waals surface area contributed by atoms with Gasteiger partial charge in [0.15, 0.2) is 0 Å². The molecule has 1 fully saturated rings. The number of hydrogen-bond donors (Lipinski definition) is 0. The molecule has 1 aromatic carbocycles. The van der Waals surface area contributed by atoms with Gasteiger partial charge in [-0.3, -0.25) is 0 Å². The van der Waals surface area contributed by atoms with E-state index in [9.17, 15) is 12.8 Å². The molecule has 6 heteroatoms. The second kappa shape index (κ2) is 5.62. The molecule has 1 saturated carbocycles. The number of terminal acetylenes is 1. The van der Waals surface area contributed by atoms with E-state index < -0.39 is 15.8 Å². The second-order valence-electron chi connectivity index (χ2n) is 4.70. The van der Waals surface area contributed by atoms with Gasteiger partial charge in [-0.05, 0) is 37.0 Å². The normalized spacial score (nSPS) is 14.8. The van der Waals surface area contributed by atoms with Crippen LogP contribution in [-0.4, -0.2) is 25.8 Å². The monoisotopic (exact) mass is 292 g/mol. The summed E-state index contributed by atoms with van der Waals surface area (Å²) in [6.45, 7) is 0.337. The molecule has 1 aromatic rings. The van der Waals surface area contributed by atoms with Crippen molar-refractivity contribution in [2.45, 2.75) is 17.7 Å². The van der Waals surface area contributed by atoms with Crippen molar-refractivity contribution in [3.8, 4) is 18.4 Å². The molecule has 0 radical (unpaired) electrons. The average Bonchev–Trinajstić information content (AvgIpc) is 3.22. The molecule has 1 aliphatic rings. The summed E-state index contributed by atoms with van der Waals surface area (Å²) in [5, 5.41) is 8.78. The Bertz CT molecular complexity index is 697. The molecule has 0 aliphatic heterocycles. The van der Waals surface area contributed by atoms with Crippen molar-refractivity contribution in [1.29, 1.82) is 5.26 Å². The fourth-order valence-electron chi connectivity index (χ4n) is 1.84. The second-order valence-corrected chi connectivity index (χ2v) is 6.64.